The fraction of sp³-hybridized carbons (Fsp3) is 0.478. The second-order valence-electron chi connectivity index (χ2n) is 7.97. The molecule has 1 aliphatic rings. The van der Waals surface area contributed by atoms with Crippen LogP contribution in [0.2, 0.25) is 0 Å². The summed E-state index contributed by atoms with van der Waals surface area (Å²) in [6, 6.07) is 11.3. The van der Waals surface area contributed by atoms with Crippen molar-refractivity contribution in [2.75, 3.05) is 0 Å². The van der Waals surface area contributed by atoms with Gasteiger partial charge in [0.25, 0.3) is 0 Å². The van der Waals surface area contributed by atoms with Crippen LogP contribution in [0, 0.1) is 0 Å². The molecule has 1 nitrogen and oxygen atoms in total. The van der Waals surface area contributed by atoms with Crippen LogP contribution in [-0.4, -0.2) is 12.1 Å². The van der Waals surface area contributed by atoms with Crippen molar-refractivity contribution in [1.82, 2.24) is 5.32 Å². The van der Waals surface area contributed by atoms with E-state index >= 15 is 0 Å². The van der Waals surface area contributed by atoms with Gasteiger partial charge in [-0.15, -0.1) is 0 Å². The zero-order valence-corrected chi connectivity index (χ0v) is 16.5. The van der Waals surface area contributed by atoms with E-state index in [0.717, 1.165) is 44.2 Å². The molecule has 7 heteroatoms. The van der Waals surface area contributed by atoms with Crippen LogP contribution in [0.25, 0.3) is 0 Å². The van der Waals surface area contributed by atoms with Crippen LogP contribution in [0.5, 0.6) is 0 Å². The maximum Gasteiger partial charge on any atom is 0.416 e. The molecule has 0 saturated carbocycles. The average Bonchev–Trinajstić information content (AvgIpc) is 2.70. The van der Waals surface area contributed by atoms with E-state index in [0.29, 0.717) is 24.0 Å². The molecule has 30 heavy (non-hydrogen) atoms. The molecule has 2 aromatic carbocycles. The van der Waals surface area contributed by atoms with Gasteiger partial charge in [0, 0.05) is 12.1 Å². The number of benzene rings is 2. The zero-order valence-electron chi connectivity index (χ0n) is 16.5. The molecule has 3 rings (SSSR count). The summed E-state index contributed by atoms with van der Waals surface area (Å²) in [5, 5.41) is 3.54. The normalized spacial score (nSPS) is 20.3. The van der Waals surface area contributed by atoms with E-state index < -0.39 is 23.5 Å². The third-order valence-corrected chi connectivity index (χ3v) is 5.65. The summed E-state index contributed by atoms with van der Waals surface area (Å²) in [4.78, 5) is 0. The van der Waals surface area contributed by atoms with Crippen LogP contribution in [0.15, 0.2) is 48.5 Å². The Balaban J connectivity index is 1.50. The summed E-state index contributed by atoms with van der Waals surface area (Å²) in [5.74, 6) is 0. The fourth-order valence-corrected chi connectivity index (χ4v) is 4.05. The molecule has 0 spiro atoms. The number of hydrogen-bond donors (Lipinski definition) is 1. The smallest absolute Gasteiger partial charge is 0.311 e. The van der Waals surface area contributed by atoms with Gasteiger partial charge >= 0.3 is 12.4 Å². The van der Waals surface area contributed by atoms with Gasteiger partial charge in [0.2, 0.25) is 0 Å². The Kier molecular flexibility index (Phi) is 7.11. The third kappa shape index (κ3) is 6.49. The molecule has 1 heterocycles. The van der Waals surface area contributed by atoms with E-state index in [1.165, 1.54) is 24.3 Å². The maximum atomic E-state index is 12.9. The van der Waals surface area contributed by atoms with Crippen LogP contribution in [0.4, 0.5) is 26.3 Å². The summed E-state index contributed by atoms with van der Waals surface area (Å²) in [7, 11) is 0. The van der Waals surface area contributed by atoms with E-state index in [1.807, 2.05) is 0 Å². The molecule has 1 aliphatic heterocycles. The lowest BCUT2D eigenvalue weighted by molar-refractivity contribution is -0.138. The predicted molar refractivity (Wildman–Crippen MR) is 104 cm³/mol. The Morgan fingerprint density at radius 2 is 1.13 bits per heavy atom. The van der Waals surface area contributed by atoms with Crippen LogP contribution in [0.3, 0.4) is 0 Å². The van der Waals surface area contributed by atoms with Crippen molar-refractivity contribution in [3.8, 4) is 0 Å². The fourth-order valence-electron chi connectivity index (χ4n) is 4.05. The highest BCUT2D eigenvalue weighted by Gasteiger charge is 2.31. The second kappa shape index (κ2) is 9.41. The number of piperidine rings is 1. The Morgan fingerprint density at radius 3 is 1.53 bits per heavy atom. The first kappa shape index (κ1) is 22.7. The molecule has 2 aromatic rings. The SMILES string of the molecule is FC(F)(F)c1cccc(CC[C@H]2CCC[C@@H](CCc3cccc(C(F)(F)F)c3)N2)c1. The molecule has 0 unspecified atom stereocenters. The zero-order chi connectivity index (χ0) is 21.8. The molecule has 1 fully saturated rings. The van der Waals surface area contributed by atoms with Crippen molar-refractivity contribution in [2.45, 2.75) is 69.4 Å². The van der Waals surface area contributed by atoms with Gasteiger partial charge in [-0.05, 0) is 61.8 Å². The van der Waals surface area contributed by atoms with Crippen molar-refractivity contribution in [3.63, 3.8) is 0 Å². The number of aryl methyl sites for hydroxylation is 2. The molecule has 0 amide bonds. The standard InChI is InChI=1S/C23H25F6N/c24-22(25,26)18-6-1-4-16(14-18)10-12-20-8-3-9-21(30-20)13-11-17-5-2-7-19(15-17)23(27,28)29/h1-2,4-7,14-15,20-21,30H,3,8-13H2/t20-,21+. The molecular formula is C23H25F6N. The van der Waals surface area contributed by atoms with Gasteiger partial charge in [-0.2, -0.15) is 26.3 Å². The van der Waals surface area contributed by atoms with Crippen molar-refractivity contribution in [1.29, 1.82) is 0 Å². The van der Waals surface area contributed by atoms with E-state index in [9.17, 15) is 26.3 Å². The van der Waals surface area contributed by atoms with Crippen molar-refractivity contribution >= 4 is 0 Å². The first-order valence-corrected chi connectivity index (χ1v) is 10.2. The van der Waals surface area contributed by atoms with Gasteiger partial charge in [0.05, 0.1) is 11.1 Å². The summed E-state index contributed by atoms with van der Waals surface area (Å²) in [5.41, 5.74) is 0.0709. The minimum Gasteiger partial charge on any atom is -0.311 e. The second-order valence-corrected chi connectivity index (χ2v) is 7.97. The van der Waals surface area contributed by atoms with Gasteiger partial charge in [-0.3, -0.25) is 0 Å². The lowest BCUT2D eigenvalue weighted by atomic mass is 9.91. The molecule has 164 valence electrons. The van der Waals surface area contributed by atoms with Gasteiger partial charge < -0.3 is 5.32 Å². The summed E-state index contributed by atoms with van der Waals surface area (Å²) in [6.07, 6.45) is -3.17. The molecule has 0 aromatic heterocycles. The average molecular weight is 429 g/mol. The van der Waals surface area contributed by atoms with E-state index in [-0.39, 0.29) is 12.1 Å². The summed E-state index contributed by atoms with van der Waals surface area (Å²) >= 11 is 0. The van der Waals surface area contributed by atoms with Crippen molar-refractivity contribution in [3.05, 3.63) is 70.8 Å². The number of halogens is 6. The van der Waals surface area contributed by atoms with E-state index in [1.54, 1.807) is 12.1 Å². The van der Waals surface area contributed by atoms with E-state index in [2.05, 4.69) is 5.32 Å². The third-order valence-electron chi connectivity index (χ3n) is 5.65. The van der Waals surface area contributed by atoms with Crippen LogP contribution < -0.4 is 5.32 Å². The van der Waals surface area contributed by atoms with Crippen molar-refractivity contribution in [2.24, 2.45) is 0 Å². The molecule has 0 radical (unpaired) electrons. The Bertz CT molecular complexity index is 759. The Labute approximate surface area is 172 Å². The lowest BCUT2D eigenvalue weighted by Gasteiger charge is -2.31. The summed E-state index contributed by atoms with van der Waals surface area (Å²) < 4.78 is 77.1. The Hall–Kier alpha value is -2.02. The van der Waals surface area contributed by atoms with Gasteiger partial charge in [-0.25, -0.2) is 0 Å². The number of hydrogen-bond acceptors (Lipinski definition) is 1. The molecule has 0 aliphatic carbocycles. The van der Waals surface area contributed by atoms with Crippen LogP contribution >= 0.6 is 0 Å². The first-order valence-electron chi connectivity index (χ1n) is 10.2. The number of rotatable bonds is 6. The highest BCUT2D eigenvalue weighted by atomic mass is 19.4. The van der Waals surface area contributed by atoms with Crippen molar-refractivity contribution < 1.29 is 26.3 Å². The summed E-state index contributed by atoms with van der Waals surface area (Å²) in [6.45, 7) is 0. The predicted octanol–water partition coefficient (Wildman–Crippen LogP) is 6.80. The van der Waals surface area contributed by atoms with E-state index in [4.69, 9.17) is 0 Å². The highest BCUT2D eigenvalue weighted by Crippen LogP contribution is 2.31. The first-order chi connectivity index (χ1) is 14.1. The lowest BCUT2D eigenvalue weighted by Crippen LogP contribution is -2.42. The van der Waals surface area contributed by atoms with Crippen LogP contribution in [0.1, 0.15) is 54.4 Å². The van der Waals surface area contributed by atoms with Gasteiger partial charge in [0.15, 0.2) is 0 Å². The van der Waals surface area contributed by atoms with Crippen LogP contribution in [-0.2, 0) is 25.2 Å². The molecule has 0 bridgehead atoms. The van der Waals surface area contributed by atoms with Gasteiger partial charge in [0.1, 0.15) is 0 Å². The molecular weight excluding hydrogens is 404 g/mol. The highest BCUT2D eigenvalue weighted by molar-refractivity contribution is 5.26. The quantitative estimate of drug-likeness (QED) is 0.498. The minimum atomic E-state index is -4.34. The molecule has 1 N–H and O–H groups in total. The molecule has 1 saturated heterocycles. The minimum absolute atomic E-state index is 0.208. The topological polar surface area (TPSA) is 12.0 Å². The largest absolute Gasteiger partial charge is 0.416 e. The Morgan fingerprint density at radius 1 is 0.700 bits per heavy atom. The monoisotopic (exact) mass is 429 g/mol. The van der Waals surface area contributed by atoms with Gasteiger partial charge in [-0.1, -0.05) is 42.8 Å². The number of alkyl halides is 6. The molecule has 2 atom stereocenters. The maximum absolute atomic E-state index is 12.9. The number of nitrogens with one attached hydrogen (secondary N) is 1.